The largest absolute Gasteiger partial charge is 0.480 e. The Kier molecular flexibility index (Phi) is 4.28. The normalized spacial score (nSPS) is 21.4. The van der Waals surface area contributed by atoms with E-state index in [1.54, 1.807) is 0 Å². The van der Waals surface area contributed by atoms with Gasteiger partial charge in [0.15, 0.2) is 9.84 Å². The molecular formula is C9H13NO7S. The lowest BCUT2D eigenvalue weighted by Crippen LogP contribution is -2.43. The van der Waals surface area contributed by atoms with Gasteiger partial charge >= 0.3 is 11.9 Å². The summed E-state index contributed by atoms with van der Waals surface area (Å²) < 4.78 is 22.4. The fourth-order valence-electron chi connectivity index (χ4n) is 1.79. The standard InChI is InChI=1S/C9H13NO7S/c11-7(12)3-10(4-8(13)14)9(15)6-1-2-18(16,17)5-6/h6H,1-5H2,(H,11,12)(H,13,14). The van der Waals surface area contributed by atoms with Crippen molar-refractivity contribution >= 4 is 27.7 Å². The summed E-state index contributed by atoms with van der Waals surface area (Å²) in [5.41, 5.74) is 0. The molecule has 0 aromatic rings. The molecule has 1 unspecified atom stereocenters. The zero-order chi connectivity index (χ0) is 13.9. The monoisotopic (exact) mass is 279 g/mol. The molecule has 0 aromatic carbocycles. The first-order chi connectivity index (χ1) is 8.21. The summed E-state index contributed by atoms with van der Waals surface area (Å²) >= 11 is 0. The van der Waals surface area contributed by atoms with Crippen LogP contribution in [-0.4, -0.2) is 66.0 Å². The van der Waals surface area contributed by atoms with Crippen molar-refractivity contribution in [2.75, 3.05) is 24.6 Å². The molecule has 0 spiro atoms. The summed E-state index contributed by atoms with van der Waals surface area (Å²) in [4.78, 5) is 33.6. The van der Waals surface area contributed by atoms with E-state index >= 15 is 0 Å². The quantitative estimate of drug-likeness (QED) is 0.621. The molecule has 1 aliphatic rings. The van der Waals surface area contributed by atoms with E-state index in [2.05, 4.69) is 0 Å². The maximum Gasteiger partial charge on any atom is 0.323 e. The highest BCUT2D eigenvalue weighted by Gasteiger charge is 2.36. The van der Waals surface area contributed by atoms with E-state index in [0.717, 1.165) is 0 Å². The Morgan fingerprint density at radius 3 is 1.94 bits per heavy atom. The first-order valence-corrected chi connectivity index (χ1v) is 6.96. The minimum absolute atomic E-state index is 0.108. The van der Waals surface area contributed by atoms with Crippen LogP contribution >= 0.6 is 0 Å². The molecule has 1 fully saturated rings. The molecule has 1 rings (SSSR count). The van der Waals surface area contributed by atoms with Crippen LogP contribution in [0.3, 0.4) is 0 Å². The molecule has 0 saturated carbocycles. The van der Waals surface area contributed by atoms with Crippen molar-refractivity contribution in [3.05, 3.63) is 0 Å². The molecule has 2 N–H and O–H groups in total. The summed E-state index contributed by atoms with van der Waals surface area (Å²) in [6.45, 7) is -1.50. The third kappa shape index (κ3) is 3.99. The lowest BCUT2D eigenvalue weighted by molar-refractivity contribution is -0.150. The Morgan fingerprint density at radius 2 is 1.61 bits per heavy atom. The summed E-state index contributed by atoms with van der Waals surface area (Å²) in [5.74, 6) is -4.73. The van der Waals surface area contributed by atoms with Crippen molar-refractivity contribution < 1.29 is 33.0 Å². The van der Waals surface area contributed by atoms with Crippen molar-refractivity contribution in [1.29, 1.82) is 0 Å². The van der Waals surface area contributed by atoms with E-state index in [-0.39, 0.29) is 17.9 Å². The predicted octanol–water partition coefficient (Wildman–Crippen LogP) is -1.58. The third-order valence-electron chi connectivity index (χ3n) is 2.55. The molecule has 0 radical (unpaired) electrons. The van der Waals surface area contributed by atoms with Gasteiger partial charge in [-0.3, -0.25) is 14.4 Å². The Morgan fingerprint density at radius 1 is 1.11 bits per heavy atom. The molecule has 9 heteroatoms. The number of aliphatic carboxylic acids is 2. The number of hydrogen-bond acceptors (Lipinski definition) is 5. The first-order valence-electron chi connectivity index (χ1n) is 5.14. The number of carbonyl (C=O) groups is 3. The molecule has 18 heavy (non-hydrogen) atoms. The Balaban J connectivity index is 2.76. The maximum absolute atomic E-state index is 11.8. The minimum Gasteiger partial charge on any atom is -0.480 e. The average molecular weight is 279 g/mol. The van der Waals surface area contributed by atoms with Crippen LogP contribution in [0.1, 0.15) is 6.42 Å². The van der Waals surface area contributed by atoms with E-state index in [0.29, 0.717) is 4.90 Å². The highest BCUT2D eigenvalue weighted by atomic mass is 32.2. The Labute approximate surface area is 103 Å². The van der Waals surface area contributed by atoms with Crippen LogP contribution in [0.2, 0.25) is 0 Å². The smallest absolute Gasteiger partial charge is 0.323 e. The number of carboxylic acids is 2. The second-order valence-electron chi connectivity index (χ2n) is 4.08. The zero-order valence-corrected chi connectivity index (χ0v) is 10.2. The van der Waals surface area contributed by atoms with Crippen LogP contribution < -0.4 is 0 Å². The average Bonchev–Trinajstić information content (AvgIpc) is 2.55. The number of sulfone groups is 1. The van der Waals surface area contributed by atoms with Gasteiger partial charge in [0.05, 0.1) is 17.4 Å². The van der Waals surface area contributed by atoms with E-state index in [1.165, 1.54) is 0 Å². The summed E-state index contributed by atoms with van der Waals surface area (Å²) in [6, 6.07) is 0. The Hall–Kier alpha value is -1.64. The topological polar surface area (TPSA) is 129 Å². The van der Waals surface area contributed by atoms with Crippen molar-refractivity contribution in [1.82, 2.24) is 4.90 Å². The summed E-state index contributed by atoms with van der Waals surface area (Å²) in [5, 5.41) is 17.2. The van der Waals surface area contributed by atoms with Gasteiger partial charge in [-0.25, -0.2) is 8.42 Å². The molecule has 102 valence electrons. The molecule has 0 aromatic heterocycles. The number of carboxylic acid groups (broad SMARTS) is 2. The van der Waals surface area contributed by atoms with E-state index in [1.807, 2.05) is 0 Å². The van der Waals surface area contributed by atoms with Gasteiger partial charge in [-0.15, -0.1) is 0 Å². The van der Waals surface area contributed by atoms with Crippen LogP contribution in [-0.2, 0) is 24.2 Å². The fraction of sp³-hybridized carbons (Fsp3) is 0.667. The molecule has 1 aliphatic heterocycles. The van der Waals surface area contributed by atoms with Crippen molar-refractivity contribution in [2.45, 2.75) is 6.42 Å². The molecule has 0 bridgehead atoms. The second kappa shape index (κ2) is 5.34. The Bertz CT molecular complexity index is 453. The van der Waals surface area contributed by atoms with Crippen LogP contribution in [0, 0.1) is 5.92 Å². The second-order valence-corrected chi connectivity index (χ2v) is 6.31. The van der Waals surface area contributed by atoms with Crippen LogP contribution in [0.15, 0.2) is 0 Å². The molecule has 0 aliphatic carbocycles. The molecule has 1 amide bonds. The number of nitrogens with zero attached hydrogens (tertiary/aromatic N) is 1. The number of amides is 1. The van der Waals surface area contributed by atoms with Crippen molar-refractivity contribution in [3.63, 3.8) is 0 Å². The van der Waals surface area contributed by atoms with Gasteiger partial charge in [-0.1, -0.05) is 0 Å². The highest BCUT2D eigenvalue weighted by molar-refractivity contribution is 7.91. The lowest BCUT2D eigenvalue weighted by Gasteiger charge is -2.21. The van der Waals surface area contributed by atoms with E-state index in [4.69, 9.17) is 10.2 Å². The van der Waals surface area contributed by atoms with Gasteiger partial charge in [0.1, 0.15) is 13.1 Å². The van der Waals surface area contributed by atoms with Gasteiger partial charge in [0.25, 0.3) is 0 Å². The van der Waals surface area contributed by atoms with Gasteiger partial charge in [-0.05, 0) is 6.42 Å². The summed E-state index contributed by atoms with van der Waals surface area (Å²) in [6.07, 6.45) is 0.108. The van der Waals surface area contributed by atoms with E-state index in [9.17, 15) is 22.8 Å². The van der Waals surface area contributed by atoms with Crippen LogP contribution in [0.25, 0.3) is 0 Å². The number of carbonyl (C=O) groups excluding carboxylic acids is 1. The molecule has 1 heterocycles. The zero-order valence-electron chi connectivity index (χ0n) is 9.40. The summed E-state index contributed by atoms with van der Waals surface area (Å²) in [7, 11) is -3.27. The predicted molar refractivity (Wildman–Crippen MR) is 58.6 cm³/mol. The van der Waals surface area contributed by atoms with Gasteiger partial charge in [-0.2, -0.15) is 0 Å². The van der Waals surface area contributed by atoms with Crippen LogP contribution in [0.4, 0.5) is 0 Å². The van der Waals surface area contributed by atoms with Crippen LogP contribution in [0.5, 0.6) is 0 Å². The van der Waals surface area contributed by atoms with Gasteiger partial charge in [0, 0.05) is 0 Å². The number of rotatable bonds is 5. The van der Waals surface area contributed by atoms with Crippen molar-refractivity contribution in [3.8, 4) is 0 Å². The SMILES string of the molecule is O=C(O)CN(CC(=O)O)C(=O)C1CCS(=O)(=O)C1. The molecular weight excluding hydrogens is 266 g/mol. The lowest BCUT2D eigenvalue weighted by atomic mass is 10.1. The maximum atomic E-state index is 11.8. The minimum atomic E-state index is -3.27. The van der Waals surface area contributed by atoms with Gasteiger partial charge < -0.3 is 15.1 Å². The fourth-order valence-corrected chi connectivity index (χ4v) is 3.52. The van der Waals surface area contributed by atoms with Gasteiger partial charge in [0.2, 0.25) is 5.91 Å². The van der Waals surface area contributed by atoms with Crippen molar-refractivity contribution in [2.24, 2.45) is 5.92 Å². The molecule has 1 saturated heterocycles. The van der Waals surface area contributed by atoms with E-state index < -0.39 is 46.7 Å². The highest BCUT2D eigenvalue weighted by Crippen LogP contribution is 2.20. The molecule has 1 atom stereocenters. The number of hydrogen-bond donors (Lipinski definition) is 2. The first kappa shape index (κ1) is 14.4. The third-order valence-corrected chi connectivity index (χ3v) is 4.31. The molecule has 8 nitrogen and oxygen atoms in total.